The fourth-order valence-corrected chi connectivity index (χ4v) is 5.27. The summed E-state index contributed by atoms with van der Waals surface area (Å²) in [4.78, 5) is 25.0. The zero-order valence-electron chi connectivity index (χ0n) is 28.4. The van der Waals surface area contributed by atoms with Crippen LogP contribution in [0.4, 0.5) is 0 Å². The summed E-state index contributed by atoms with van der Waals surface area (Å²) < 4.78 is 45.4. The van der Waals surface area contributed by atoms with Crippen molar-refractivity contribution >= 4 is 22.1 Å². The Labute approximate surface area is 296 Å². The van der Waals surface area contributed by atoms with Crippen LogP contribution >= 0.6 is 0 Å². The van der Waals surface area contributed by atoms with Crippen molar-refractivity contribution in [2.24, 2.45) is 0 Å². The van der Waals surface area contributed by atoms with Gasteiger partial charge in [0.15, 0.2) is 0 Å². The minimum atomic E-state index is -4.81. The summed E-state index contributed by atoms with van der Waals surface area (Å²) in [5.41, 5.74) is -0.360. The number of ether oxygens (including phenoxy) is 2. The van der Waals surface area contributed by atoms with E-state index in [4.69, 9.17) is 9.47 Å². The normalized spacial score (nSPS) is 11.6. The largest absolute Gasteiger partial charge is 1.00 e. The molecule has 0 atom stereocenters. The van der Waals surface area contributed by atoms with E-state index >= 15 is 0 Å². The van der Waals surface area contributed by atoms with Gasteiger partial charge < -0.3 is 14.0 Å². The van der Waals surface area contributed by atoms with E-state index in [0.717, 1.165) is 88.8 Å². The van der Waals surface area contributed by atoms with Gasteiger partial charge in [-0.3, -0.25) is 0 Å². The molecule has 9 heteroatoms. The second-order valence-corrected chi connectivity index (χ2v) is 12.9. The van der Waals surface area contributed by atoms with Gasteiger partial charge in [0.05, 0.1) is 29.2 Å². The summed E-state index contributed by atoms with van der Waals surface area (Å²) >= 11 is 0. The van der Waals surface area contributed by atoms with Crippen molar-refractivity contribution in [1.82, 2.24) is 0 Å². The first-order valence-corrected chi connectivity index (χ1v) is 18.5. The Bertz CT molecular complexity index is 1080. The smallest absolute Gasteiger partial charge is 0.744 e. The van der Waals surface area contributed by atoms with Crippen LogP contribution in [0.5, 0.6) is 0 Å². The third-order valence-corrected chi connectivity index (χ3v) is 8.33. The molecule has 0 unspecified atom stereocenters. The van der Waals surface area contributed by atoms with E-state index in [1.807, 2.05) is 0 Å². The zero-order valence-corrected chi connectivity index (χ0v) is 31.2. The Kier molecular flexibility index (Phi) is 27.8. The van der Waals surface area contributed by atoms with Crippen molar-refractivity contribution in [1.29, 1.82) is 0 Å². The molecule has 0 fully saturated rings. The van der Waals surface area contributed by atoms with Crippen LogP contribution in [-0.2, 0) is 19.6 Å². The van der Waals surface area contributed by atoms with Gasteiger partial charge in [-0.1, -0.05) is 115 Å². The summed E-state index contributed by atoms with van der Waals surface area (Å²) in [6.07, 6.45) is 30.8. The van der Waals surface area contributed by atoms with E-state index in [1.165, 1.54) is 44.9 Å². The fourth-order valence-electron chi connectivity index (χ4n) is 4.77. The maximum absolute atomic E-state index is 12.8. The predicted octanol–water partition coefficient (Wildman–Crippen LogP) is 6.86. The third-order valence-electron chi connectivity index (χ3n) is 7.50. The summed E-state index contributed by atoms with van der Waals surface area (Å²) in [5.74, 6) is -1.57. The monoisotopic (exact) mass is 656 g/mol. The van der Waals surface area contributed by atoms with Crippen molar-refractivity contribution in [3.63, 3.8) is 0 Å². The van der Waals surface area contributed by atoms with Gasteiger partial charge in [-0.05, 0) is 69.6 Å². The van der Waals surface area contributed by atoms with E-state index in [0.29, 0.717) is 12.8 Å². The number of esters is 2. The predicted molar refractivity (Wildman–Crippen MR) is 177 cm³/mol. The van der Waals surface area contributed by atoms with Crippen LogP contribution < -0.4 is 29.6 Å². The molecule has 1 rings (SSSR count). The number of rotatable bonds is 27. The molecule has 0 N–H and O–H groups in total. The molecule has 0 amide bonds. The average molecular weight is 657 g/mol. The molecular formula is C36H57NaO7S. The van der Waals surface area contributed by atoms with Crippen LogP contribution in [-0.4, -0.2) is 38.1 Å². The van der Waals surface area contributed by atoms with E-state index in [-0.39, 0.29) is 53.9 Å². The average Bonchev–Trinajstić information content (AvgIpc) is 3.00. The van der Waals surface area contributed by atoms with E-state index in [1.54, 1.807) is 0 Å². The first-order chi connectivity index (χ1) is 21.3. The Morgan fingerprint density at radius 3 is 1.40 bits per heavy atom. The van der Waals surface area contributed by atoms with Crippen molar-refractivity contribution < 1.29 is 61.6 Å². The van der Waals surface area contributed by atoms with Crippen molar-refractivity contribution in [3.05, 3.63) is 53.6 Å². The van der Waals surface area contributed by atoms with Crippen LogP contribution in [0.2, 0.25) is 0 Å². The summed E-state index contributed by atoms with van der Waals surface area (Å²) in [6.45, 7) is 4.74. The Morgan fingerprint density at radius 1 is 0.600 bits per heavy atom. The van der Waals surface area contributed by atoms with Crippen molar-refractivity contribution in [2.45, 2.75) is 147 Å². The number of carbonyl (C=O) groups excluding carboxylic acids is 2. The number of hydrogen-bond donors (Lipinski definition) is 0. The molecule has 7 nitrogen and oxygen atoms in total. The Morgan fingerprint density at radius 2 is 0.978 bits per heavy atom. The van der Waals surface area contributed by atoms with E-state index < -0.39 is 27.0 Å². The molecule has 0 aliphatic heterocycles. The molecule has 0 aliphatic carbocycles. The fraction of sp³-hybridized carbons (Fsp3) is 0.667. The third kappa shape index (κ3) is 22.7. The van der Waals surface area contributed by atoms with Crippen molar-refractivity contribution in [2.75, 3.05) is 13.2 Å². The molecule has 1 aromatic carbocycles. The maximum Gasteiger partial charge on any atom is 1.00 e. The molecule has 0 radical (unpaired) electrons. The molecule has 0 aliphatic rings. The van der Waals surface area contributed by atoms with Gasteiger partial charge in [0, 0.05) is 0 Å². The number of carbonyl (C=O) groups is 2. The number of benzene rings is 1. The first-order valence-electron chi connectivity index (χ1n) is 17.0. The summed E-state index contributed by atoms with van der Waals surface area (Å²) in [6, 6.07) is 3.09. The van der Waals surface area contributed by atoms with Gasteiger partial charge in [0.25, 0.3) is 0 Å². The van der Waals surface area contributed by atoms with Gasteiger partial charge >= 0.3 is 41.5 Å². The number of hydrogen-bond acceptors (Lipinski definition) is 7. The summed E-state index contributed by atoms with van der Waals surface area (Å²) in [5, 5.41) is 0. The topological polar surface area (TPSA) is 110 Å². The molecule has 0 heterocycles. The Hall–Kier alpha value is -1.45. The van der Waals surface area contributed by atoms with Crippen LogP contribution in [0.3, 0.4) is 0 Å². The van der Waals surface area contributed by atoms with Gasteiger partial charge in [-0.2, -0.15) is 0 Å². The first kappa shape index (κ1) is 43.5. The van der Waals surface area contributed by atoms with E-state index in [9.17, 15) is 22.6 Å². The second kappa shape index (κ2) is 28.7. The molecule has 0 bridgehead atoms. The quantitative estimate of drug-likeness (QED) is 0.0335. The minimum absolute atomic E-state index is 0. The molecule has 45 heavy (non-hydrogen) atoms. The molecule has 0 saturated heterocycles. The van der Waals surface area contributed by atoms with Crippen molar-refractivity contribution in [3.8, 4) is 0 Å². The minimum Gasteiger partial charge on any atom is -0.744 e. The SMILES string of the molecule is CCCC/C=C/CCCCCCCCOC(=O)c1ccc(S(=O)(=O)[O-])cc1C(=O)OCCCCCCCC/C=C/CCCC.[Na+]. The Balaban J connectivity index is 0.0000194. The second-order valence-electron chi connectivity index (χ2n) is 11.5. The van der Waals surface area contributed by atoms with Crippen LogP contribution in [0.1, 0.15) is 163 Å². The standard InChI is InChI=1S/C36H58O7S.Na/c1-3-5-7-9-11-13-15-17-19-21-23-25-29-42-35(37)33-28-27-32(44(39,40)41)31-34(33)36(38)43-30-26-24-22-20-18-16-14-12-10-8-6-4-2;/h9-12,27-28,31H,3-8,13-26,29-30H2,1-2H3,(H,39,40,41);/q;+1/p-1/b11-9+,12-10+;. The van der Waals surface area contributed by atoms with Gasteiger partial charge in [-0.25, -0.2) is 18.0 Å². The molecule has 250 valence electrons. The number of unbranched alkanes of at least 4 members (excludes halogenated alkanes) is 16. The van der Waals surface area contributed by atoms with Gasteiger partial charge in [-0.15, -0.1) is 0 Å². The summed E-state index contributed by atoms with van der Waals surface area (Å²) in [7, 11) is -4.81. The molecular weight excluding hydrogens is 599 g/mol. The zero-order chi connectivity index (χ0) is 32.3. The van der Waals surface area contributed by atoms with E-state index in [2.05, 4.69) is 38.2 Å². The van der Waals surface area contributed by atoms with Gasteiger partial charge in [0.2, 0.25) is 0 Å². The van der Waals surface area contributed by atoms with Crippen LogP contribution in [0.15, 0.2) is 47.4 Å². The van der Waals surface area contributed by atoms with Gasteiger partial charge in [0.1, 0.15) is 10.1 Å². The molecule has 1 aromatic rings. The number of allylic oxidation sites excluding steroid dienone is 4. The molecule has 0 spiro atoms. The maximum atomic E-state index is 12.8. The molecule has 0 saturated carbocycles. The molecule has 0 aromatic heterocycles. The van der Waals surface area contributed by atoms with Crippen LogP contribution in [0, 0.1) is 0 Å². The van der Waals surface area contributed by atoms with Crippen LogP contribution in [0.25, 0.3) is 0 Å².